The third-order valence-electron chi connectivity index (χ3n) is 4.38. The van der Waals surface area contributed by atoms with Crippen molar-refractivity contribution in [3.05, 3.63) is 36.5 Å². The van der Waals surface area contributed by atoms with Crippen molar-refractivity contribution in [2.45, 2.75) is 37.9 Å². The minimum atomic E-state index is -0.194. The van der Waals surface area contributed by atoms with Crippen molar-refractivity contribution in [1.29, 1.82) is 0 Å². The number of pyridine rings is 1. The van der Waals surface area contributed by atoms with E-state index in [9.17, 15) is 5.11 Å². The number of rotatable bonds is 5. The van der Waals surface area contributed by atoms with Crippen molar-refractivity contribution in [1.82, 2.24) is 4.98 Å². The Bertz CT molecular complexity index is 664. The third-order valence-corrected chi connectivity index (χ3v) is 4.38. The zero-order valence-electron chi connectivity index (χ0n) is 14.1. The summed E-state index contributed by atoms with van der Waals surface area (Å²) in [5.74, 6) is 2.12. The number of aliphatic hydroxyl groups excluding tert-OH is 1. The van der Waals surface area contributed by atoms with Gasteiger partial charge in [0.05, 0.1) is 26.4 Å². The number of methoxy groups -OCH3 is 2. The van der Waals surface area contributed by atoms with Gasteiger partial charge >= 0.3 is 0 Å². The molecule has 1 aliphatic carbocycles. The first-order chi connectivity index (χ1) is 11.7. The summed E-state index contributed by atoms with van der Waals surface area (Å²) in [6.07, 6.45) is 4.99. The average molecular weight is 329 g/mol. The molecule has 1 heterocycles. The highest BCUT2D eigenvalue weighted by Gasteiger charge is 2.22. The van der Waals surface area contributed by atoms with E-state index in [0.29, 0.717) is 5.88 Å². The Morgan fingerprint density at radius 1 is 1.00 bits per heavy atom. The Morgan fingerprint density at radius 2 is 1.79 bits per heavy atom. The maximum absolute atomic E-state index is 9.66. The van der Waals surface area contributed by atoms with Gasteiger partial charge in [-0.15, -0.1) is 0 Å². The molecule has 5 nitrogen and oxygen atoms in total. The van der Waals surface area contributed by atoms with E-state index in [0.717, 1.165) is 48.3 Å². The Kier molecular flexibility index (Phi) is 5.20. The topological polar surface area (TPSA) is 60.8 Å². The Hall–Kier alpha value is -2.27. The van der Waals surface area contributed by atoms with Crippen molar-refractivity contribution in [3.63, 3.8) is 0 Å². The monoisotopic (exact) mass is 329 g/mol. The lowest BCUT2D eigenvalue weighted by Crippen LogP contribution is -2.26. The van der Waals surface area contributed by atoms with Gasteiger partial charge in [-0.1, -0.05) is 0 Å². The van der Waals surface area contributed by atoms with Crippen LogP contribution in [0.3, 0.4) is 0 Å². The van der Waals surface area contributed by atoms with Crippen LogP contribution in [0.25, 0.3) is 11.1 Å². The zero-order chi connectivity index (χ0) is 16.9. The van der Waals surface area contributed by atoms with Crippen LogP contribution in [0.4, 0.5) is 0 Å². The number of hydrogen-bond donors (Lipinski definition) is 1. The number of hydrogen-bond acceptors (Lipinski definition) is 5. The maximum Gasteiger partial charge on any atom is 0.212 e. The number of ether oxygens (including phenoxy) is 3. The van der Waals surface area contributed by atoms with E-state index in [2.05, 4.69) is 4.98 Å². The molecule has 0 saturated heterocycles. The van der Waals surface area contributed by atoms with Crippen LogP contribution in [-0.4, -0.2) is 36.5 Å². The van der Waals surface area contributed by atoms with Crippen LogP contribution in [0.2, 0.25) is 0 Å². The first-order valence-electron chi connectivity index (χ1n) is 8.22. The van der Waals surface area contributed by atoms with Crippen molar-refractivity contribution < 1.29 is 19.3 Å². The molecule has 0 bridgehead atoms. The van der Waals surface area contributed by atoms with Crippen LogP contribution in [0.1, 0.15) is 25.7 Å². The van der Waals surface area contributed by atoms with Crippen molar-refractivity contribution in [3.8, 4) is 28.5 Å². The van der Waals surface area contributed by atoms with Gasteiger partial charge in [-0.3, -0.25) is 0 Å². The molecule has 0 unspecified atom stereocenters. The molecular weight excluding hydrogens is 306 g/mol. The van der Waals surface area contributed by atoms with Crippen LogP contribution >= 0.6 is 0 Å². The fourth-order valence-electron chi connectivity index (χ4n) is 2.97. The van der Waals surface area contributed by atoms with Gasteiger partial charge in [0.25, 0.3) is 0 Å². The molecule has 1 aromatic heterocycles. The average Bonchev–Trinajstić information content (AvgIpc) is 2.63. The SMILES string of the molecule is COc1ccc(-c2ccc(OC)nc2)c(O[C@H]2CC[C@@H](O)CC2)c1. The molecule has 2 aromatic rings. The van der Waals surface area contributed by atoms with Gasteiger partial charge in [0.1, 0.15) is 11.5 Å². The predicted molar refractivity (Wildman–Crippen MR) is 91.7 cm³/mol. The largest absolute Gasteiger partial charge is 0.497 e. The molecule has 0 aliphatic heterocycles. The molecule has 1 N–H and O–H groups in total. The quantitative estimate of drug-likeness (QED) is 0.910. The lowest BCUT2D eigenvalue weighted by molar-refractivity contribution is 0.0667. The molecule has 0 atom stereocenters. The molecule has 0 amide bonds. The van der Waals surface area contributed by atoms with Crippen molar-refractivity contribution >= 4 is 0 Å². The van der Waals surface area contributed by atoms with Crippen molar-refractivity contribution in [2.24, 2.45) is 0 Å². The van der Waals surface area contributed by atoms with E-state index >= 15 is 0 Å². The first kappa shape index (κ1) is 16.6. The smallest absolute Gasteiger partial charge is 0.212 e. The van der Waals surface area contributed by atoms with Crippen LogP contribution in [0.5, 0.6) is 17.4 Å². The van der Waals surface area contributed by atoms with Gasteiger partial charge in [-0.2, -0.15) is 0 Å². The van der Waals surface area contributed by atoms with Crippen LogP contribution in [0, 0.1) is 0 Å². The third kappa shape index (κ3) is 3.79. The molecule has 1 fully saturated rings. The van der Waals surface area contributed by atoms with E-state index in [1.165, 1.54) is 0 Å². The Morgan fingerprint density at radius 3 is 2.42 bits per heavy atom. The second-order valence-electron chi connectivity index (χ2n) is 6.00. The van der Waals surface area contributed by atoms with E-state index in [4.69, 9.17) is 14.2 Å². The van der Waals surface area contributed by atoms with E-state index in [1.54, 1.807) is 20.4 Å². The van der Waals surface area contributed by atoms with Gasteiger partial charge in [0.15, 0.2) is 0 Å². The molecular formula is C19H23NO4. The van der Waals surface area contributed by atoms with E-state index in [-0.39, 0.29) is 12.2 Å². The summed E-state index contributed by atoms with van der Waals surface area (Å²) in [6, 6.07) is 9.60. The number of aromatic nitrogens is 1. The highest BCUT2D eigenvalue weighted by atomic mass is 16.5. The standard InChI is InChI=1S/C19H23NO4/c1-22-16-8-9-17(13-3-10-19(23-2)20-12-13)18(11-16)24-15-6-4-14(21)5-7-15/h3,8-12,14-15,21H,4-7H2,1-2H3/t14-,15+. The van der Waals surface area contributed by atoms with Crippen molar-refractivity contribution in [2.75, 3.05) is 14.2 Å². The molecule has 0 spiro atoms. The Labute approximate surface area is 142 Å². The summed E-state index contributed by atoms with van der Waals surface area (Å²) in [5, 5.41) is 9.66. The van der Waals surface area contributed by atoms with Gasteiger partial charge in [0.2, 0.25) is 5.88 Å². The summed E-state index contributed by atoms with van der Waals surface area (Å²) < 4.78 is 16.7. The van der Waals surface area contributed by atoms with E-state index in [1.807, 2.05) is 30.3 Å². The highest BCUT2D eigenvalue weighted by Crippen LogP contribution is 2.36. The van der Waals surface area contributed by atoms with Gasteiger partial charge in [0, 0.05) is 29.5 Å². The number of aliphatic hydroxyl groups is 1. The normalized spacial score (nSPS) is 20.5. The van der Waals surface area contributed by atoms with Gasteiger partial charge in [-0.05, 0) is 43.9 Å². The minimum absolute atomic E-state index is 0.116. The maximum atomic E-state index is 9.66. The second kappa shape index (κ2) is 7.53. The zero-order valence-corrected chi connectivity index (χ0v) is 14.1. The summed E-state index contributed by atoms with van der Waals surface area (Å²) >= 11 is 0. The van der Waals surface area contributed by atoms with Crippen LogP contribution < -0.4 is 14.2 Å². The Balaban J connectivity index is 1.87. The molecule has 1 aromatic carbocycles. The molecule has 5 heteroatoms. The highest BCUT2D eigenvalue weighted by molar-refractivity contribution is 5.71. The predicted octanol–water partition coefficient (Wildman–Crippen LogP) is 3.45. The molecule has 1 aliphatic rings. The second-order valence-corrected chi connectivity index (χ2v) is 6.00. The molecule has 1 saturated carbocycles. The van der Waals surface area contributed by atoms with Crippen LogP contribution in [-0.2, 0) is 0 Å². The minimum Gasteiger partial charge on any atom is -0.497 e. The van der Waals surface area contributed by atoms with Crippen LogP contribution in [0.15, 0.2) is 36.5 Å². The molecule has 24 heavy (non-hydrogen) atoms. The lowest BCUT2D eigenvalue weighted by atomic mass is 9.95. The van der Waals surface area contributed by atoms with Gasteiger partial charge < -0.3 is 19.3 Å². The van der Waals surface area contributed by atoms with Gasteiger partial charge in [-0.25, -0.2) is 4.98 Å². The molecule has 3 rings (SSSR count). The molecule has 0 radical (unpaired) electrons. The molecule has 128 valence electrons. The summed E-state index contributed by atoms with van der Waals surface area (Å²) in [5.41, 5.74) is 1.93. The summed E-state index contributed by atoms with van der Waals surface area (Å²) in [4.78, 5) is 4.27. The first-order valence-corrected chi connectivity index (χ1v) is 8.22. The summed E-state index contributed by atoms with van der Waals surface area (Å²) in [6.45, 7) is 0. The number of nitrogens with zero attached hydrogens (tertiary/aromatic N) is 1. The van der Waals surface area contributed by atoms with E-state index < -0.39 is 0 Å². The fraction of sp³-hybridized carbons (Fsp3) is 0.421. The summed E-state index contributed by atoms with van der Waals surface area (Å²) in [7, 11) is 3.24. The fourth-order valence-corrected chi connectivity index (χ4v) is 2.97. The number of benzene rings is 1. The lowest BCUT2D eigenvalue weighted by Gasteiger charge is -2.27.